The van der Waals surface area contributed by atoms with Crippen molar-refractivity contribution in [1.29, 1.82) is 0 Å². The maximum atomic E-state index is 11.2. The van der Waals surface area contributed by atoms with Crippen LogP contribution in [0.1, 0.15) is 51.8 Å². The molecule has 1 aromatic heterocycles. The molecule has 1 saturated heterocycles. The molecule has 1 aliphatic heterocycles. The van der Waals surface area contributed by atoms with Crippen LogP contribution >= 0.6 is 0 Å². The van der Waals surface area contributed by atoms with E-state index in [-0.39, 0.29) is 17.2 Å². The van der Waals surface area contributed by atoms with Gasteiger partial charge in [-0.1, -0.05) is 20.8 Å². The van der Waals surface area contributed by atoms with E-state index in [0.29, 0.717) is 18.3 Å². The van der Waals surface area contributed by atoms with Gasteiger partial charge in [0.25, 0.3) is 0 Å². The maximum absolute atomic E-state index is 11.2. The Kier molecular flexibility index (Phi) is 2.93. The fourth-order valence-corrected chi connectivity index (χ4v) is 1.95. The fraction of sp³-hybridized carbons (Fsp3) is 0.750. The number of likely N-dealkylation sites (tertiary alicyclic amines) is 1. The summed E-state index contributed by atoms with van der Waals surface area (Å²) in [5.74, 6) is 1.64. The van der Waals surface area contributed by atoms with Gasteiger partial charge < -0.3 is 9.32 Å². The Bertz CT molecular complexity index is 420. The monoisotopic (exact) mass is 237 g/mol. The Hall–Kier alpha value is -1.39. The van der Waals surface area contributed by atoms with Gasteiger partial charge in [-0.2, -0.15) is 0 Å². The molecule has 1 aromatic rings. The van der Waals surface area contributed by atoms with Crippen molar-refractivity contribution in [3.8, 4) is 0 Å². The molecule has 0 N–H and O–H groups in total. The molecule has 5 nitrogen and oxygen atoms in total. The lowest BCUT2D eigenvalue weighted by Crippen LogP contribution is -2.25. The number of hydrogen-bond donors (Lipinski definition) is 0. The van der Waals surface area contributed by atoms with Gasteiger partial charge in [0.15, 0.2) is 0 Å². The highest BCUT2D eigenvalue weighted by molar-refractivity contribution is 5.73. The molecule has 1 atom stereocenters. The molecule has 1 fully saturated rings. The third kappa shape index (κ3) is 2.48. The van der Waals surface area contributed by atoms with E-state index in [2.05, 4.69) is 10.2 Å². The van der Waals surface area contributed by atoms with Crippen molar-refractivity contribution in [2.24, 2.45) is 0 Å². The summed E-state index contributed by atoms with van der Waals surface area (Å²) in [4.78, 5) is 13.1. The van der Waals surface area contributed by atoms with E-state index in [9.17, 15) is 4.79 Å². The second-order valence-corrected chi connectivity index (χ2v) is 5.65. The summed E-state index contributed by atoms with van der Waals surface area (Å²) in [6, 6.07) is 0. The third-order valence-electron chi connectivity index (χ3n) is 3.07. The Morgan fingerprint density at radius 3 is 2.59 bits per heavy atom. The predicted octanol–water partition coefficient (Wildman–Crippen LogP) is 1.70. The minimum absolute atomic E-state index is 0.114. The molecule has 1 unspecified atom stereocenters. The van der Waals surface area contributed by atoms with E-state index in [0.717, 1.165) is 13.0 Å². The van der Waals surface area contributed by atoms with Crippen molar-refractivity contribution in [3.05, 3.63) is 11.8 Å². The maximum Gasteiger partial charge on any atom is 0.221 e. The second-order valence-electron chi connectivity index (χ2n) is 5.65. The van der Waals surface area contributed by atoms with Gasteiger partial charge in [-0.15, -0.1) is 10.2 Å². The van der Waals surface area contributed by atoms with Crippen molar-refractivity contribution in [3.63, 3.8) is 0 Å². The molecule has 5 heteroatoms. The van der Waals surface area contributed by atoms with Crippen molar-refractivity contribution >= 4 is 5.91 Å². The Balaban J connectivity index is 2.10. The van der Waals surface area contributed by atoms with Crippen LogP contribution in [-0.2, 0) is 10.2 Å². The SMILES string of the molecule is CC(=O)N1CCC(c2nnc(C(C)(C)C)o2)C1. The average Bonchev–Trinajstić information content (AvgIpc) is 2.85. The molecule has 2 rings (SSSR count). The van der Waals surface area contributed by atoms with E-state index >= 15 is 0 Å². The quantitative estimate of drug-likeness (QED) is 0.746. The molecule has 2 heterocycles. The number of carbonyl (C=O) groups is 1. The van der Waals surface area contributed by atoms with E-state index in [1.807, 2.05) is 25.7 Å². The van der Waals surface area contributed by atoms with Crippen molar-refractivity contribution in [2.45, 2.75) is 45.4 Å². The average molecular weight is 237 g/mol. The molecule has 1 amide bonds. The van der Waals surface area contributed by atoms with Crippen LogP contribution in [0, 0.1) is 0 Å². The van der Waals surface area contributed by atoms with E-state index in [4.69, 9.17) is 4.42 Å². The first-order valence-electron chi connectivity index (χ1n) is 5.97. The highest BCUT2D eigenvalue weighted by atomic mass is 16.4. The molecule has 0 radical (unpaired) electrons. The van der Waals surface area contributed by atoms with Gasteiger partial charge in [0.05, 0.1) is 5.92 Å². The highest BCUT2D eigenvalue weighted by Gasteiger charge is 2.31. The summed E-state index contributed by atoms with van der Waals surface area (Å²) in [6.45, 7) is 9.20. The lowest BCUT2D eigenvalue weighted by atomic mass is 9.97. The van der Waals surface area contributed by atoms with Crippen LogP contribution in [-0.4, -0.2) is 34.1 Å². The molecule has 1 aliphatic rings. The first-order valence-corrected chi connectivity index (χ1v) is 5.97. The number of rotatable bonds is 1. The second kappa shape index (κ2) is 4.13. The van der Waals surface area contributed by atoms with Gasteiger partial charge >= 0.3 is 0 Å². The summed E-state index contributed by atoms with van der Waals surface area (Å²) in [5, 5.41) is 8.19. The lowest BCUT2D eigenvalue weighted by Gasteiger charge is -2.13. The summed E-state index contributed by atoms with van der Waals surface area (Å²) in [7, 11) is 0. The molecular weight excluding hydrogens is 218 g/mol. The highest BCUT2D eigenvalue weighted by Crippen LogP contribution is 2.29. The zero-order chi connectivity index (χ0) is 12.6. The molecule has 94 valence electrons. The third-order valence-corrected chi connectivity index (χ3v) is 3.07. The summed E-state index contributed by atoms with van der Waals surface area (Å²) in [5.41, 5.74) is -0.121. The summed E-state index contributed by atoms with van der Waals surface area (Å²) >= 11 is 0. The molecular formula is C12H19N3O2. The Labute approximate surface area is 101 Å². The van der Waals surface area contributed by atoms with Crippen LogP contribution in [0.4, 0.5) is 0 Å². The van der Waals surface area contributed by atoms with Crippen LogP contribution in [0.15, 0.2) is 4.42 Å². The van der Waals surface area contributed by atoms with E-state index < -0.39 is 0 Å². The van der Waals surface area contributed by atoms with Crippen molar-refractivity contribution < 1.29 is 9.21 Å². The smallest absolute Gasteiger partial charge is 0.221 e. The minimum atomic E-state index is -0.121. The van der Waals surface area contributed by atoms with Crippen molar-refractivity contribution in [1.82, 2.24) is 15.1 Å². The number of hydrogen-bond acceptors (Lipinski definition) is 4. The van der Waals surface area contributed by atoms with Crippen molar-refractivity contribution in [2.75, 3.05) is 13.1 Å². The van der Waals surface area contributed by atoms with Crippen LogP contribution in [0.5, 0.6) is 0 Å². The Morgan fingerprint density at radius 1 is 1.41 bits per heavy atom. The topological polar surface area (TPSA) is 59.2 Å². The van der Waals surface area contributed by atoms with Crippen LogP contribution < -0.4 is 0 Å². The lowest BCUT2D eigenvalue weighted by molar-refractivity contribution is -0.127. The Morgan fingerprint density at radius 2 is 2.12 bits per heavy atom. The largest absolute Gasteiger partial charge is 0.424 e. The zero-order valence-electron chi connectivity index (χ0n) is 10.9. The number of carbonyl (C=O) groups excluding carboxylic acids is 1. The molecule has 0 aliphatic carbocycles. The van der Waals surface area contributed by atoms with Crippen LogP contribution in [0.2, 0.25) is 0 Å². The first-order chi connectivity index (χ1) is 7.88. The normalized spacial score (nSPS) is 20.9. The molecule has 17 heavy (non-hydrogen) atoms. The zero-order valence-corrected chi connectivity index (χ0v) is 10.9. The fourth-order valence-electron chi connectivity index (χ4n) is 1.95. The summed E-state index contributed by atoms with van der Waals surface area (Å²) < 4.78 is 5.70. The van der Waals surface area contributed by atoms with Gasteiger partial charge in [0.2, 0.25) is 17.7 Å². The number of aromatic nitrogens is 2. The summed E-state index contributed by atoms with van der Waals surface area (Å²) in [6.07, 6.45) is 0.908. The van der Waals surface area contributed by atoms with Gasteiger partial charge in [0.1, 0.15) is 0 Å². The first kappa shape index (κ1) is 12.1. The predicted molar refractivity (Wildman–Crippen MR) is 62.6 cm³/mol. The van der Waals surface area contributed by atoms with E-state index in [1.165, 1.54) is 0 Å². The van der Waals surface area contributed by atoms with Crippen LogP contribution in [0.25, 0.3) is 0 Å². The van der Waals surface area contributed by atoms with Gasteiger partial charge in [0, 0.05) is 25.4 Å². The number of nitrogens with zero attached hydrogens (tertiary/aromatic N) is 3. The van der Waals surface area contributed by atoms with Crippen LogP contribution in [0.3, 0.4) is 0 Å². The molecule has 0 spiro atoms. The minimum Gasteiger partial charge on any atom is -0.424 e. The van der Waals surface area contributed by atoms with Gasteiger partial charge in [-0.05, 0) is 6.42 Å². The molecule has 0 aromatic carbocycles. The van der Waals surface area contributed by atoms with E-state index in [1.54, 1.807) is 6.92 Å². The standard InChI is InChI=1S/C12H19N3O2/c1-8(16)15-6-5-9(7-15)10-13-14-11(17-10)12(2,3)4/h9H,5-7H2,1-4H3. The molecule has 0 saturated carbocycles. The van der Waals surface area contributed by atoms with Gasteiger partial charge in [-0.3, -0.25) is 4.79 Å². The number of amides is 1. The van der Waals surface area contributed by atoms with Gasteiger partial charge in [-0.25, -0.2) is 0 Å². The molecule has 0 bridgehead atoms.